The van der Waals surface area contributed by atoms with Crippen LogP contribution < -0.4 is 15.6 Å². The molecule has 2 saturated carbocycles. The van der Waals surface area contributed by atoms with E-state index in [2.05, 4.69) is 35.4 Å². The molecule has 186 valence electrons. The van der Waals surface area contributed by atoms with Gasteiger partial charge in [-0.3, -0.25) is 4.79 Å². The van der Waals surface area contributed by atoms with E-state index in [1.165, 1.54) is 30.6 Å². The van der Waals surface area contributed by atoms with Gasteiger partial charge in [0.1, 0.15) is 17.4 Å². The van der Waals surface area contributed by atoms with Gasteiger partial charge in [-0.15, -0.1) is 11.8 Å². The van der Waals surface area contributed by atoms with Crippen LogP contribution in [0.2, 0.25) is 0 Å². The summed E-state index contributed by atoms with van der Waals surface area (Å²) in [7, 11) is 1.81. The van der Waals surface area contributed by atoms with Crippen LogP contribution in [0.1, 0.15) is 45.4 Å². The van der Waals surface area contributed by atoms with Crippen molar-refractivity contribution in [3.8, 4) is 16.9 Å². The van der Waals surface area contributed by atoms with E-state index in [1.807, 2.05) is 30.2 Å². The molecule has 1 aliphatic heterocycles. The van der Waals surface area contributed by atoms with Crippen molar-refractivity contribution in [2.75, 3.05) is 18.8 Å². The summed E-state index contributed by atoms with van der Waals surface area (Å²) in [5, 5.41) is 4.41. The Labute approximate surface area is 210 Å². The average Bonchev–Trinajstić information content (AvgIpc) is 3.31. The highest BCUT2D eigenvalue weighted by molar-refractivity contribution is 7.99. The molecule has 0 bridgehead atoms. The Morgan fingerprint density at radius 1 is 1.09 bits per heavy atom. The lowest BCUT2D eigenvalue weighted by atomic mass is 9.61. The first-order valence-corrected chi connectivity index (χ1v) is 14.0. The Morgan fingerprint density at radius 3 is 2.66 bits per heavy atom. The van der Waals surface area contributed by atoms with Crippen LogP contribution in [-0.2, 0) is 11.8 Å². The summed E-state index contributed by atoms with van der Waals surface area (Å²) in [6.07, 6.45) is 11.7. The van der Waals surface area contributed by atoms with Gasteiger partial charge in [0.05, 0.1) is 12.2 Å². The maximum atomic E-state index is 12.6. The van der Waals surface area contributed by atoms with Crippen LogP contribution in [0, 0.1) is 5.41 Å². The van der Waals surface area contributed by atoms with Crippen molar-refractivity contribution in [1.29, 1.82) is 0 Å². The zero-order valence-electron chi connectivity index (χ0n) is 20.6. The number of piperidine rings is 1. The highest BCUT2D eigenvalue weighted by Crippen LogP contribution is 2.50. The van der Waals surface area contributed by atoms with Gasteiger partial charge < -0.3 is 24.3 Å². The van der Waals surface area contributed by atoms with E-state index in [1.54, 1.807) is 11.6 Å². The van der Waals surface area contributed by atoms with Gasteiger partial charge in [-0.25, -0.2) is 0 Å². The predicted octanol–water partition coefficient (Wildman–Crippen LogP) is 5.10. The molecule has 2 aromatic heterocycles. The lowest BCUT2D eigenvalue weighted by molar-refractivity contribution is -0.161. The van der Waals surface area contributed by atoms with Crippen LogP contribution in [-0.4, -0.2) is 46.7 Å². The van der Waals surface area contributed by atoms with Crippen LogP contribution in [0.5, 0.6) is 5.75 Å². The Morgan fingerprint density at radius 2 is 1.89 bits per heavy atom. The number of hydrogen-bond donors (Lipinski definition) is 2. The van der Waals surface area contributed by atoms with Crippen LogP contribution in [0.15, 0.2) is 46.3 Å². The van der Waals surface area contributed by atoms with Crippen LogP contribution >= 0.6 is 11.8 Å². The molecule has 6 rings (SSSR count). The lowest BCUT2D eigenvalue weighted by Gasteiger charge is -2.52. The van der Waals surface area contributed by atoms with E-state index in [9.17, 15) is 4.79 Å². The van der Waals surface area contributed by atoms with Gasteiger partial charge in [-0.05, 0) is 74.2 Å². The molecule has 3 heterocycles. The molecule has 3 aliphatic rings. The monoisotopic (exact) mass is 493 g/mol. The van der Waals surface area contributed by atoms with Crippen LogP contribution in [0.3, 0.4) is 0 Å². The number of benzene rings is 1. The number of aryl methyl sites for hydroxylation is 1. The SMILES string of the molecule is CCSc1ccc(OC2CC(OC3CC4(CCNCC4)C3)C2)c(-c2cn(C)c(=O)c3[nH]ccc23)c1. The number of pyridine rings is 1. The van der Waals surface area contributed by atoms with Gasteiger partial charge in [-0.1, -0.05) is 6.92 Å². The second kappa shape index (κ2) is 9.34. The quantitative estimate of drug-likeness (QED) is 0.448. The summed E-state index contributed by atoms with van der Waals surface area (Å²) in [4.78, 5) is 16.9. The molecule has 6 nitrogen and oxygen atoms in total. The van der Waals surface area contributed by atoms with Crippen LogP contribution in [0.4, 0.5) is 0 Å². The van der Waals surface area contributed by atoms with Gasteiger partial charge in [0.15, 0.2) is 0 Å². The number of nitrogens with zero attached hydrogens (tertiary/aromatic N) is 1. The fraction of sp³-hybridized carbons (Fsp3) is 0.536. The van der Waals surface area contributed by atoms with Crippen molar-refractivity contribution in [3.63, 3.8) is 0 Å². The minimum absolute atomic E-state index is 0.0171. The van der Waals surface area contributed by atoms with E-state index in [0.29, 0.717) is 23.1 Å². The Balaban J connectivity index is 1.16. The summed E-state index contributed by atoms with van der Waals surface area (Å²) in [5.41, 5.74) is 3.23. The molecule has 3 aromatic rings. The number of rotatable bonds is 7. The molecule has 7 heteroatoms. The summed E-state index contributed by atoms with van der Waals surface area (Å²) in [6.45, 7) is 4.48. The number of hydrogen-bond acceptors (Lipinski definition) is 5. The topological polar surface area (TPSA) is 68.3 Å². The zero-order chi connectivity index (χ0) is 24.0. The molecule has 2 aliphatic carbocycles. The van der Waals surface area contributed by atoms with Gasteiger partial charge in [0.25, 0.3) is 5.56 Å². The van der Waals surface area contributed by atoms with E-state index in [0.717, 1.165) is 53.9 Å². The second-order valence-corrected chi connectivity index (χ2v) is 11.9. The maximum absolute atomic E-state index is 12.6. The number of H-pyrrole nitrogens is 1. The molecular weight excluding hydrogens is 458 g/mol. The molecule has 0 radical (unpaired) electrons. The van der Waals surface area contributed by atoms with Crippen molar-refractivity contribution < 1.29 is 9.47 Å². The molecular formula is C28H35N3O3S. The molecule has 1 saturated heterocycles. The summed E-state index contributed by atoms with van der Waals surface area (Å²) >= 11 is 1.82. The number of thioether (sulfide) groups is 1. The van der Waals surface area contributed by atoms with E-state index < -0.39 is 0 Å². The molecule has 35 heavy (non-hydrogen) atoms. The second-order valence-electron chi connectivity index (χ2n) is 10.6. The molecule has 0 atom stereocenters. The van der Waals surface area contributed by atoms with Gasteiger partial charge in [-0.2, -0.15) is 0 Å². The normalized spacial score (nSPS) is 23.8. The molecule has 1 aromatic carbocycles. The maximum Gasteiger partial charge on any atom is 0.274 e. The molecule has 1 spiro atoms. The number of ether oxygens (including phenoxy) is 2. The number of nitrogens with one attached hydrogen (secondary N) is 2. The largest absolute Gasteiger partial charge is 0.490 e. The fourth-order valence-electron chi connectivity index (χ4n) is 6.11. The van der Waals surface area contributed by atoms with Crippen LogP contribution in [0.25, 0.3) is 22.0 Å². The minimum Gasteiger partial charge on any atom is -0.490 e. The third-order valence-electron chi connectivity index (χ3n) is 8.16. The number of aromatic nitrogens is 2. The summed E-state index contributed by atoms with van der Waals surface area (Å²) < 4.78 is 14.6. The average molecular weight is 494 g/mol. The van der Waals surface area contributed by atoms with Gasteiger partial charge in [0, 0.05) is 53.7 Å². The third kappa shape index (κ3) is 4.43. The predicted molar refractivity (Wildman–Crippen MR) is 141 cm³/mol. The zero-order valence-corrected chi connectivity index (χ0v) is 21.5. The summed E-state index contributed by atoms with van der Waals surface area (Å²) in [5.74, 6) is 1.89. The van der Waals surface area contributed by atoms with Crippen molar-refractivity contribution in [1.82, 2.24) is 14.9 Å². The van der Waals surface area contributed by atoms with Crippen molar-refractivity contribution in [2.24, 2.45) is 12.5 Å². The number of fused-ring (bicyclic) bond motifs is 1. The van der Waals surface area contributed by atoms with Crippen molar-refractivity contribution >= 4 is 22.7 Å². The molecule has 2 N–H and O–H groups in total. The summed E-state index contributed by atoms with van der Waals surface area (Å²) in [6, 6.07) is 8.42. The Bertz CT molecular complexity index is 1260. The van der Waals surface area contributed by atoms with Gasteiger partial charge in [0.2, 0.25) is 0 Å². The first-order chi connectivity index (χ1) is 17.0. The van der Waals surface area contributed by atoms with Crippen molar-refractivity contribution in [2.45, 2.75) is 68.7 Å². The smallest absolute Gasteiger partial charge is 0.274 e. The molecule has 3 fully saturated rings. The highest BCUT2D eigenvalue weighted by Gasteiger charge is 2.47. The lowest BCUT2D eigenvalue weighted by Crippen LogP contribution is -2.51. The standard InChI is InChI=1S/C28H35N3O3S/c1-3-35-21-4-5-25(23(14-21)24-17-31(2)27(32)26-22(24)6-9-30-26)34-19-12-18(13-19)33-20-15-28(16-20)7-10-29-11-8-28/h4-6,9,14,17-20,29-30H,3,7-8,10-13,15-16H2,1-2H3. The van der Waals surface area contributed by atoms with E-state index in [-0.39, 0.29) is 11.7 Å². The highest BCUT2D eigenvalue weighted by atomic mass is 32.2. The van der Waals surface area contributed by atoms with Crippen molar-refractivity contribution in [3.05, 3.63) is 47.0 Å². The Hall–Kier alpha value is -2.22. The van der Waals surface area contributed by atoms with Gasteiger partial charge >= 0.3 is 0 Å². The fourth-order valence-corrected chi connectivity index (χ4v) is 6.81. The first kappa shape index (κ1) is 23.2. The number of aromatic amines is 1. The van der Waals surface area contributed by atoms with E-state index in [4.69, 9.17) is 9.47 Å². The molecule has 0 unspecified atom stereocenters. The van der Waals surface area contributed by atoms with E-state index >= 15 is 0 Å². The first-order valence-electron chi connectivity index (χ1n) is 13.0. The Kier molecular flexibility index (Phi) is 6.19. The minimum atomic E-state index is -0.0171. The molecule has 0 amide bonds. The third-order valence-corrected chi connectivity index (χ3v) is 9.04.